The number of benzene rings is 2. The summed E-state index contributed by atoms with van der Waals surface area (Å²) in [5.41, 5.74) is 8.97. The van der Waals surface area contributed by atoms with Crippen molar-refractivity contribution in [1.82, 2.24) is 0 Å². The molecule has 1 aliphatic rings. The van der Waals surface area contributed by atoms with Gasteiger partial charge in [-0.15, -0.1) is 0 Å². The third-order valence-electron chi connectivity index (χ3n) is 7.43. The second kappa shape index (κ2) is 13.7. The van der Waals surface area contributed by atoms with E-state index in [0.29, 0.717) is 0 Å². The van der Waals surface area contributed by atoms with Gasteiger partial charge in [0, 0.05) is 0 Å². The molecular weight excluding hydrogens is 629 g/mol. The summed E-state index contributed by atoms with van der Waals surface area (Å²) in [6.07, 6.45) is 5.44. The quantitative estimate of drug-likeness (QED) is 0.140. The van der Waals surface area contributed by atoms with Gasteiger partial charge in [0.1, 0.15) is 0 Å². The molecule has 43 heavy (non-hydrogen) atoms. The fourth-order valence-electron chi connectivity index (χ4n) is 6.89. The van der Waals surface area contributed by atoms with E-state index in [2.05, 4.69) is 128 Å². The highest BCUT2D eigenvalue weighted by atomic mass is 28.5. The van der Waals surface area contributed by atoms with Gasteiger partial charge < -0.3 is 16.5 Å². The van der Waals surface area contributed by atoms with E-state index < -0.39 is 50.4 Å². The lowest BCUT2D eigenvalue weighted by Gasteiger charge is -2.39. The molecule has 0 atom stereocenters. The minimum atomic E-state index is -2.27. The van der Waals surface area contributed by atoms with E-state index >= 15 is 0 Å². The maximum atomic E-state index is 6.87. The average Bonchev–Trinajstić information content (AvgIpc) is 3.13. The Morgan fingerprint density at radius 1 is 0.512 bits per heavy atom. The van der Waals surface area contributed by atoms with Gasteiger partial charge in [0.15, 0.2) is 33.3 Å². The number of fused-ring (bicyclic) bond motifs is 3. The Balaban J connectivity index is 1.87. The van der Waals surface area contributed by atoms with E-state index in [0.717, 1.165) is 44.2 Å². The Morgan fingerprint density at radius 3 is 1.42 bits per heavy atom. The zero-order valence-electron chi connectivity index (χ0n) is 30.0. The molecule has 0 unspecified atom stereocenters. The van der Waals surface area contributed by atoms with E-state index in [9.17, 15) is 0 Å². The van der Waals surface area contributed by atoms with Gasteiger partial charge in [-0.3, -0.25) is 0 Å². The molecule has 0 bridgehead atoms. The van der Waals surface area contributed by atoms with Gasteiger partial charge in [-0.1, -0.05) is 36.4 Å². The van der Waals surface area contributed by atoms with Crippen molar-refractivity contribution >= 4 is 50.4 Å². The van der Waals surface area contributed by atoms with Crippen molar-refractivity contribution in [2.75, 3.05) is 0 Å². The molecule has 0 aliphatic heterocycles. The fraction of sp³-hybridized carbons (Fsp3) is 0.636. The van der Waals surface area contributed by atoms with Crippen LogP contribution in [0.4, 0.5) is 0 Å². The minimum Gasteiger partial charge on any atom is -0.437 e. The van der Waals surface area contributed by atoms with Crippen LogP contribution in [-0.2, 0) is 35.7 Å². The summed E-state index contributed by atoms with van der Waals surface area (Å²) in [6.45, 7) is 32.3. The summed E-state index contributed by atoms with van der Waals surface area (Å²) < 4.78 is 27.4. The second-order valence-corrected chi connectivity index (χ2v) is 42.6. The minimum absolute atomic E-state index is 1.05. The first kappa shape index (κ1) is 37.0. The molecule has 242 valence electrons. The van der Waals surface area contributed by atoms with Crippen LogP contribution in [0, 0.1) is 0 Å². The molecule has 0 N–H and O–H groups in total. The van der Waals surface area contributed by atoms with Crippen molar-refractivity contribution in [2.24, 2.45) is 0 Å². The van der Waals surface area contributed by atoms with E-state index in [4.69, 9.17) is 16.5 Å². The number of rotatable bonds is 16. The topological polar surface area (TPSA) is 36.9 Å². The lowest BCUT2D eigenvalue weighted by Crippen LogP contribution is -2.52. The first-order valence-electron chi connectivity index (χ1n) is 16.5. The molecule has 1 aliphatic carbocycles. The van der Waals surface area contributed by atoms with E-state index in [1.807, 2.05) is 0 Å². The Labute approximate surface area is 271 Å². The van der Waals surface area contributed by atoms with Crippen molar-refractivity contribution in [3.8, 4) is 11.1 Å². The summed E-state index contributed by atoms with van der Waals surface area (Å²) in [7, 11) is -11.4. The molecule has 4 nitrogen and oxygen atoms in total. The third-order valence-corrected chi connectivity index (χ3v) is 26.7. The first-order valence-corrected chi connectivity index (χ1v) is 35.2. The molecule has 0 spiro atoms. The van der Waals surface area contributed by atoms with Crippen LogP contribution in [0.25, 0.3) is 11.1 Å². The van der Waals surface area contributed by atoms with E-state index in [1.54, 1.807) is 11.1 Å². The summed E-state index contributed by atoms with van der Waals surface area (Å²) in [5, 5.41) is 0. The predicted octanol–water partition coefficient (Wildman–Crippen LogP) is 10.7. The molecule has 2 aromatic carbocycles. The highest BCUT2D eigenvalue weighted by molar-refractivity contribution is 6.88. The van der Waals surface area contributed by atoms with E-state index in [1.165, 1.54) is 22.3 Å². The third kappa shape index (κ3) is 12.0. The summed E-state index contributed by atoms with van der Waals surface area (Å²) in [6, 6.07) is 15.9. The Kier molecular flexibility index (Phi) is 11.8. The van der Waals surface area contributed by atoms with Crippen molar-refractivity contribution in [3.63, 3.8) is 0 Å². The van der Waals surface area contributed by atoms with Gasteiger partial charge >= 0.3 is 17.1 Å². The molecule has 0 fully saturated rings. The number of hydrogen-bond donors (Lipinski definition) is 0. The predicted molar refractivity (Wildman–Crippen MR) is 202 cm³/mol. The maximum absolute atomic E-state index is 6.87. The highest BCUT2D eigenvalue weighted by Gasteiger charge is 2.41. The van der Waals surface area contributed by atoms with Crippen LogP contribution in [0.15, 0.2) is 36.4 Å². The smallest absolute Gasteiger partial charge is 0.314 e. The van der Waals surface area contributed by atoms with Crippen LogP contribution in [0.3, 0.4) is 0 Å². The average molecular weight is 691 g/mol. The molecule has 10 heteroatoms. The molecule has 0 saturated carbocycles. The van der Waals surface area contributed by atoms with Crippen LogP contribution in [0.1, 0.15) is 35.1 Å². The van der Waals surface area contributed by atoms with Crippen LogP contribution < -0.4 is 0 Å². The summed E-state index contributed by atoms with van der Waals surface area (Å²) >= 11 is 0. The molecule has 0 aromatic heterocycles. The van der Waals surface area contributed by atoms with Gasteiger partial charge in [-0.25, -0.2) is 0 Å². The Bertz CT molecular complexity index is 1210. The highest BCUT2D eigenvalue weighted by Crippen LogP contribution is 2.41. The van der Waals surface area contributed by atoms with Gasteiger partial charge in [-0.05, 0) is 169 Å². The Morgan fingerprint density at radius 2 is 0.953 bits per heavy atom. The molecule has 0 heterocycles. The van der Waals surface area contributed by atoms with Gasteiger partial charge in [0.2, 0.25) is 0 Å². The van der Waals surface area contributed by atoms with Crippen molar-refractivity contribution < 1.29 is 16.5 Å². The van der Waals surface area contributed by atoms with E-state index in [-0.39, 0.29) is 0 Å². The van der Waals surface area contributed by atoms with Gasteiger partial charge in [0.25, 0.3) is 0 Å². The molecular formula is C33H62O4Si6. The standard InChI is InChI=1S/C33H62O4Si6/c1-38(2,3)34-42(13,35-39(4,5)6)25-17-20-28-23-24-32-31-21-16-15-19-29(31)27-33(32)30(28)22-18-26-43(14,36-40(7,8)9)37-41(10,11)12/h15-16,19,21,23-24H,17-18,20,22,25-27H2,1-14H3. The maximum Gasteiger partial charge on any atom is 0.314 e. The van der Waals surface area contributed by atoms with Crippen LogP contribution >= 0.6 is 0 Å². The fourth-order valence-corrected chi connectivity index (χ4v) is 32.0. The van der Waals surface area contributed by atoms with Crippen molar-refractivity contribution in [3.05, 3.63) is 58.7 Å². The lowest BCUT2D eigenvalue weighted by atomic mass is 9.91. The monoisotopic (exact) mass is 690 g/mol. The largest absolute Gasteiger partial charge is 0.437 e. The number of hydrogen-bond acceptors (Lipinski definition) is 4. The molecule has 3 rings (SSSR count). The normalized spacial score (nSPS) is 14.7. The number of aryl methyl sites for hydroxylation is 1. The zero-order valence-corrected chi connectivity index (χ0v) is 36.0. The second-order valence-electron chi connectivity index (χ2n) is 16.9. The Hall–Kier alpha value is -0.419. The molecule has 0 radical (unpaired) electrons. The zero-order chi connectivity index (χ0) is 32.5. The van der Waals surface area contributed by atoms with Crippen LogP contribution in [-0.4, -0.2) is 50.4 Å². The lowest BCUT2D eigenvalue weighted by molar-refractivity contribution is 0.379. The van der Waals surface area contributed by atoms with Crippen molar-refractivity contribution in [2.45, 2.75) is 136 Å². The first-order chi connectivity index (χ1) is 19.5. The van der Waals surface area contributed by atoms with Crippen LogP contribution in [0.2, 0.25) is 104 Å². The molecule has 2 aromatic rings. The summed E-state index contributed by atoms with van der Waals surface area (Å²) in [4.78, 5) is 0. The summed E-state index contributed by atoms with van der Waals surface area (Å²) in [5.74, 6) is 0. The molecule has 0 saturated heterocycles. The molecule has 0 amide bonds. The SMILES string of the molecule is C[Si](C)(C)O[Si](C)(CCCc1ccc2c(c1CCC[Si](C)(O[Si](C)(C)C)O[Si](C)(C)C)Cc1ccccc1-2)O[Si](C)(C)C. The van der Waals surface area contributed by atoms with Crippen LogP contribution in [0.5, 0.6) is 0 Å². The van der Waals surface area contributed by atoms with Gasteiger partial charge in [0.05, 0.1) is 0 Å². The van der Waals surface area contributed by atoms with Gasteiger partial charge in [-0.2, -0.15) is 0 Å². The van der Waals surface area contributed by atoms with Crippen molar-refractivity contribution in [1.29, 1.82) is 0 Å².